The van der Waals surface area contributed by atoms with E-state index in [0.29, 0.717) is 5.75 Å². The maximum Gasteiger partial charge on any atom is 0.161 e. The highest BCUT2D eigenvalue weighted by molar-refractivity contribution is 6.57. The Labute approximate surface area is 86.4 Å². The Morgan fingerprint density at radius 2 is 2.15 bits per heavy atom. The van der Waals surface area contributed by atoms with Crippen molar-refractivity contribution >= 4 is 29.3 Å². The van der Waals surface area contributed by atoms with Crippen molar-refractivity contribution in [2.45, 2.75) is 0 Å². The molecular weight excluding hydrogens is 211 g/mol. The molecule has 0 atom stereocenters. The molecule has 0 amide bonds. The first-order chi connectivity index (χ1) is 6.13. The molecule has 70 valence electrons. The minimum atomic E-state index is 0.0883. The Kier molecular flexibility index (Phi) is 3.46. The summed E-state index contributed by atoms with van der Waals surface area (Å²) in [5.41, 5.74) is 0.773. The molecule has 0 bridgehead atoms. The molecule has 0 unspecified atom stereocenters. The third-order valence-corrected chi connectivity index (χ3v) is 1.70. The van der Waals surface area contributed by atoms with E-state index >= 15 is 0 Å². The highest BCUT2D eigenvalue weighted by Crippen LogP contribution is 2.27. The number of rotatable bonds is 2. The van der Waals surface area contributed by atoms with E-state index in [4.69, 9.17) is 27.9 Å². The van der Waals surface area contributed by atoms with Crippen LogP contribution in [-0.2, 0) is 0 Å². The number of hydrogen-bond donors (Lipinski definition) is 1. The van der Waals surface area contributed by atoms with Crippen LogP contribution in [0.2, 0.25) is 0 Å². The first kappa shape index (κ1) is 10.2. The fraction of sp³-hybridized carbons (Fsp3) is 0.111. The van der Waals surface area contributed by atoms with Crippen molar-refractivity contribution in [1.82, 2.24) is 0 Å². The molecule has 0 aliphatic heterocycles. The van der Waals surface area contributed by atoms with E-state index in [-0.39, 0.29) is 10.2 Å². The number of hydrogen-bond acceptors (Lipinski definition) is 2. The van der Waals surface area contributed by atoms with E-state index in [1.54, 1.807) is 18.2 Å². The summed E-state index contributed by atoms with van der Waals surface area (Å²) >= 11 is 10.9. The van der Waals surface area contributed by atoms with Gasteiger partial charge >= 0.3 is 0 Å². The maximum atomic E-state index is 9.26. The largest absolute Gasteiger partial charge is 0.504 e. The van der Waals surface area contributed by atoms with Crippen LogP contribution in [0.5, 0.6) is 11.5 Å². The fourth-order valence-corrected chi connectivity index (χ4v) is 1.16. The molecule has 13 heavy (non-hydrogen) atoms. The number of aromatic hydroxyl groups is 1. The van der Waals surface area contributed by atoms with Crippen LogP contribution >= 0.6 is 23.2 Å². The Balaban J connectivity index is 3.06. The quantitative estimate of drug-likeness (QED) is 0.827. The molecule has 4 heteroatoms. The van der Waals surface area contributed by atoms with E-state index in [0.717, 1.165) is 5.56 Å². The molecule has 0 aliphatic rings. The number of methoxy groups -OCH3 is 1. The summed E-state index contributed by atoms with van der Waals surface area (Å²) in [6, 6.07) is 4.84. The molecule has 1 aromatic rings. The Morgan fingerprint density at radius 3 is 2.69 bits per heavy atom. The smallest absolute Gasteiger partial charge is 0.161 e. The van der Waals surface area contributed by atoms with E-state index in [1.165, 1.54) is 13.2 Å². The average molecular weight is 219 g/mol. The summed E-state index contributed by atoms with van der Waals surface area (Å²) in [4.78, 5) is 0. The lowest BCUT2D eigenvalue weighted by molar-refractivity contribution is 0.373. The van der Waals surface area contributed by atoms with Crippen LogP contribution < -0.4 is 4.74 Å². The van der Waals surface area contributed by atoms with Gasteiger partial charge in [0, 0.05) is 0 Å². The second-order valence-corrected chi connectivity index (χ2v) is 3.37. The minimum absolute atomic E-state index is 0.0883. The molecule has 0 saturated heterocycles. The van der Waals surface area contributed by atoms with E-state index in [1.807, 2.05) is 0 Å². The first-order valence-corrected chi connectivity index (χ1v) is 4.29. The lowest BCUT2D eigenvalue weighted by atomic mass is 10.2. The van der Waals surface area contributed by atoms with Crippen LogP contribution in [-0.4, -0.2) is 12.2 Å². The van der Waals surface area contributed by atoms with E-state index in [2.05, 4.69) is 0 Å². The fourth-order valence-electron chi connectivity index (χ4n) is 0.910. The van der Waals surface area contributed by atoms with Crippen LogP contribution in [0.1, 0.15) is 5.56 Å². The summed E-state index contributed by atoms with van der Waals surface area (Å²) in [7, 11) is 1.48. The molecule has 0 heterocycles. The average Bonchev–Trinajstić information content (AvgIpc) is 2.07. The van der Waals surface area contributed by atoms with Gasteiger partial charge < -0.3 is 9.84 Å². The van der Waals surface area contributed by atoms with Crippen molar-refractivity contribution < 1.29 is 9.84 Å². The third-order valence-electron chi connectivity index (χ3n) is 1.48. The van der Waals surface area contributed by atoms with Gasteiger partial charge in [0.1, 0.15) is 4.49 Å². The van der Waals surface area contributed by atoms with Crippen LogP contribution in [0.3, 0.4) is 0 Å². The van der Waals surface area contributed by atoms with Gasteiger partial charge in [0.2, 0.25) is 0 Å². The standard InChI is InChI=1S/C9H8Cl2O2/c1-13-8-4-6(5-9(10)11)2-3-7(8)12/h2-5,12H,1H3. The molecular formula is C9H8Cl2O2. The third kappa shape index (κ3) is 2.83. The van der Waals surface area contributed by atoms with Gasteiger partial charge in [-0.05, 0) is 23.8 Å². The molecule has 0 spiro atoms. The highest BCUT2D eigenvalue weighted by atomic mass is 35.5. The van der Waals surface area contributed by atoms with Crippen molar-refractivity contribution in [2.24, 2.45) is 0 Å². The second kappa shape index (κ2) is 4.40. The molecule has 0 saturated carbocycles. The lowest BCUT2D eigenvalue weighted by Gasteiger charge is -2.03. The number of halogens is 2. The van der Waals surface area contributed by atoms with Crippen molar-refractivity contribution in [3.8, 4) is 11.5 Å². The highest BCUT2D eigenvalue weighted by Gasteiger charge is 2.00. The zero-order valence-electron chi connectivity index (χ0n) is 6.92. The number of ether oxygens (including phenoxy) is 1. The van der Waals surface area contributed by atoms with Gasteiger partial charge in [-0.2, -0.15) is 0 Å². The maximum absolute atomic E-state index is 9.26. The minimum Gasteiger partial charge on any atom is -0.504 e. The molecule has 1 N–H and O–H groups in total. The molecule has 0 aromatic heterocycles. The normalized spacial score (nSPS) is 9.46. The lowest BCUT2D eigenvalue weighted by Crippen LogP contribution is -1.84. The second-order valence-electron chi connectivity index (χ2n) is 2.37. The molecule has 0 radical (unpaired) electrons. The van der Waals surface area contributed by atoms with Gasteiger partial charge in [-0.25, -0.2) is 0 Å². The zero-order valence-corrected chi connectivity index (χ0v) is 8.43. The van der Waals surface area contributed by atoms with Crippen molar-refractivity contribution in [3.05, 3.63) is 28.3 Å². The summed E-state index contributed by atoms with van der Waals surface area (Å²) in [5.74, 6) is 0.480. The predicted molar refractivity (Wildman–Crippen MR) is 54.3 cm³/mol. The van der Waals surface area contributed by atoms with Gasteiger partial charge in [-0.1, -0.05) is 29.3 Å². The van der Waals surface area contributed by atoms with Gasteiger partial charge in [0.05, 0.1) is 7.11 Å². The number of phenols is 1. The van der Waals surface area contributed by atoms with Crippen LogP contribution in [0.4, 0.5) is 0 Å². The van der Waals surface area contributed by atoms with Crippen LogP contribution in [0, 0.1) is 0 Å². The van der Waals surface area contributed by atoms with E-state index < -0.39 is 0 Å². The predicted octanol–water partition coefficient (Wildman–Crippen LogP) is 3.18. The molecule has 1 rings (SSSR count). The Hall–Kier alpha value is -0.860. The summed E-state index contributed by atoms with van der Waals surface area (Å²) in [6.45, 7) is 0. The topological polar surface area (TPSA) is 29.5 Å². The Morgan fingerprint density at radius 1 is 1.46 bits per heavy atom. The first-order valence-electron chi connectivity index (χ1n) is 3.53. The van der Waals surface area contributed by atoms with Gasteiger partial charge in [-0.15, -0.1) is 0 Å². The summed E-state index contributed by atoms with van der Waals surface area (Å²) in [5, 5.41) is 9.26. The number of benzene rings is 1. The van der Waals surface area contributed by atoms with Crippen LogP contribution in [0.15, 0.2) is 22.7 Å². The van der Waals surface area contributed by atoms with Crippen molar-refractivity contribution in [1.29, 1.82) is 0 Å². The zero-order chi connectivity index (χ0) is 9.84. The summed E-state index contributed by atoms with van der Waals surface area (Å²) in [6.07, 6.45) is 1.56. The van der Waals surface area contributed by atoms with Crippen LogP contribution in [0.25, 0.3) is 6.08 Å². The van der Waals surface area contributed by atoms with Gasteiger partial charge in [-0.3, -0.25) is 0 Å². The van der Waals surface area contributed by atoms with Crippen molar-refractivity contribution in [3.63, 3.8) is 0 Å². The molecule has 0 aliphatic carbocycles. The molecule has 2 nitrogen and oxygen atoms in total. The van der Waals surface area contributed by atoms with E-state index in [9.17, 15) is 5.11 Å². The SMILES string of the molecule is COc1cc(C=C(Cl)Cl)ccc1O. The van der Waals surface area contributed by atoms with Crippen molar-refractivity contribution in [2.75, 3.05) is 7.11 Å². The van der Waals surface area contributed by atoms with Gasteiger partial charge in [0.25, 0.3) is 0 Å². The van der Waals surface area contributed by atoms with Gasteiger partial charge in [0.15, 0.2) is 11.5 Å². The monoisotopic (exact) mass is 218 g/mol. The number of phenolic OH excluding ortho intramolecular Hbond substituents is 1. The summed E-state index contributed by atoms with van der Waals surface area (Å²) < 4.78 is 5.06. The molecule has 0 fully saturated rings. The molecule has 1 aromatic carbocycles. The Bertz CT molecular complexity index is 330.